The van der Waals surface area contributed by atoms with E-state index in [1.165, 1.54) is 38.0 Å². The second-order valence-electron chi connectivity index (χ2n) is 7.38. The number of aryl methyl sites for hydroxylation is 1. The molecule has 0 spiro atoms. The number of nitrogens with zero attached hydrogens (tertiary/aromatic N) is 1. The van der Waals surface area contributed by atoms with Crippen molar-refractivity contribution in [1.29, 1.82) is 0 Å². The van der Waals surface area contributed by atoms with Gasteiger partial charge in [-0.3, -0.25) is 9.10 Å². The first-order valence-electron chi connectivity index (χ1n) is 10.6. The average Bonchev–Trinajstić information content (AvgIpc) is 2.86. The van der Waals surface area contributed by atoms with Gasteiger partial charge in [0, 0.05) is 23.3 Å². The van der Waals surface area contributed by atoms with Crippen molar-refractivity contribution < 1.29 is 22.7 Å². The fourth-order valence-corrected chi connectivity index (χ4v) is 5.40. The molecule has 0 atom stereocenters. The Bertz CT molecular complexity index is 1200. The first kappa shape index (κ1) is 25.5. The summed E-state index contributed by atoms with van der Waals surface area (Å²) in [5.41, 5.74) is 1.58. The normalized spacial score (nSPS) is 11.0. The summed E-state index contributed by atoms with van der Waals surface area (Å²) in [5.74, 6) is 0.978. The molecule has 3 aromatic rings. The number of carbonyl (C=O) groups is 1. The molecule has 0 aromatic heterocycles. The summed E-state index contributed by atoms with van der Waals surface area (Å²) in [6, 6.07) is 21.0. The SMILES string of the molecule is COc1ccc(S(=O)(=O)N(CC(=O)NCCSc2ccc(C)cc2)c2ccccc2)cc1OC. The van der Waals surface area contributed by atoms with Crippen molar-refractivity contribution in [3.05, 3.63) is 78.4 Å². The number of nitrogens with one attached hydrogen (secondary N) is 1. The summed E-state index contributed by atoms with van der Waals surface area (Å²) < 4.78 is 38.6. The Morgan fingerprint density at radius 1 is 0.941 bits per heavy atom. The van der Waals surface area contributed by atoms with E-state index in [9.17, 15) is 13.2 Å². The first-order valence-corrected chi connectivity index (χ1v) is 13.0. The van der Waals surface area contributed by atoms with Gasteiger partial charge in [-0.25, -0.2) is 8.42 Å². The van der Waals surface area contributed by atoms with Crippen molar-refractivity contribution in [3.63, 3.8) is 0 Å². The van der Waals surface area contributed by atoms with Crippen molar-refractivity contribution >= 4 is 33.4 Å². The number of carbonyl (C=O) groups excluding carboxylic acids is 1. The van der Waals surface area contributed by atoms with Crippen LogP contribution in [-0.4, -0.2) is 47.4 Å². The van der Waals surface area contributed by atoms with E-state index < -0.39 is 15.9 Å². The van der Waals surface area contributed by atoms with E-state index in [0.717, 1.165) is 9.20 Å². The number of sulfonamides is 1. The number of thioether (sulfide) groups is 1. The van der Waals surface area contributed by atoms with E-state index in [4.69, 9.17) is 9.47 Å². The second kappa shape index (κ2) is 11.8. The third-order valence-electron chi connectivity index (χ3n) is 4.99. The molecule has 0 radical (unpaired) electrons. The maximum Gasteiger partial charge on any atom is 0.264 e. The molecule has 0 aliphatic heterocycles. The lowest BCUT2D eigenvalue weighted by Crippen LogP contribution is -2.41. The Hall–Kier alpha value is -3.17. The molecule has 1 amide bonds. The van der Waals surface area contributed by atoms with Crippen molar-refractivity contribution in [2.75, 3.05) is 37.4 Å². The predicted molar refractivity (Wildman–Crippen MR) is 135 cm³/mol. The van der Waals surface area contributed by atoms with Gasteiger partial charge in [0.25, 0.3) is 10.0 Å². The zero-order valence-electron chi connectivity index (χ0n) is 19.4. The largest absolute Gasteiger partial charge is 0.493 e. The Kier molecular flexibility index (Phi) is 8.84. The van der Waals surface area contributed by atoms with Gasteiger partial charge in [-0.05, 0) is 43.3 Å². The summed E-state index contributed by atoms with van der Waals surface area (Å²) in [5, 5.41) is 2.82. The van der Waals surface area contributed by atoms with Crippen LogP contribution in [0.3, 0.4) is 0 Å². The highest BCUT2D eigenvalue weighted by Crippen LogP contribution is 2.32. The average molecular weight is 501 g/mol. The van der Waals surface area contributed by atoms with Crippen molar-refractivity contribution in [1.82, 2.24) is 5.32 Å². The molecule has 1 N–H and O–H groups in total. The highest BCUT2D eigenvalue weighted by molar-refractivity contribution is 7.99. The molecule has 9 heteroatoms. The zero-order chi connectivity index (χ0) is 24.6. The minimum atomic E-state index is -4.05. The lowest BCUT2D eigenvalue weighted by atomic mass is 10.2. The van der Waals surface area contributed by atoms with E-state index >= 15 is 0 Å². The van der Waals surface area contributed by atoms with Crippen LogP contribution in [0, 0.1) is 6.92 Å². The maximum atomic E-state index is 13.5. The Morgan fingerprint density at radius 3 is 2.26 bits per heavy atom. The minimum Gasteiger partial charge on any atom is -0.493 e. The first-order chi connectivity index (χ1) is 16.3. The molecular formula is C25H28N2O5S2. The van der Waals surface area contributed by atoms with Crippen LogP contribution in [0.25, 0.3) is 0 Å². The molecule has 7 nitrogen and oxygen atoms in total. The van der Waals surface area contributed by atoms with E-state index in [-0.39, 0.29) is 17.2 Å². The van der Waals surface area contributed by atoms with Gasteiger partial charge in [0.1, 0.15) is 6.54 Å². The number of anilines is 1. The molecule has 34 heavy (non-hydrogen) atoms. The van der Waals surface area contributed by atoms with Gasteiger partial charge in [-0.15, -0.1) is 11.8 Å². The fourth-order valence-electron chi connectivity index (χ4n) is 3.19. The van der Waals surface area contributed by atoms with E-state index in [1.807, 2.05) is 31.2 Å². The summed E-state index contributed by atoms with van der Waals surface area (Å²) in [6.07, 6.45) is 0. The maximum absolute atomic E-state index is 13.5. The molecule has 0 saturated heterocycles. The fraction of sp³-hybridized carbons (Fsp3) is 0.240. The van der Waals surface area contributed by atoms with Crippen molar-refractivity contribution in [2.24, 2.45) is 0 Å². The van der Waals surface area contributed by atoms with Gasteiger partial charge in [0.15, 0.2) is 11.5 Å². The number of rotatable bonds is 11. The van der Waals surface area contributed by atoms with Gasteiger partial charge < -0.3 is 14.8 Å². The number of para-hydroxylation sites is 1. The lowest BCUT2D eigenvalue weighted by molar-refractivity contribution is -0.119. The van der Waals surface area contributed by atoms with Crippen molar-refractivity contribution in [3.8, 4) is 11.5 Å². The van der Waals surface area contributed by atoms with Gasteiger partial charge in [-0.2, -0.15) is 0 Å². The molecule has 0 fully saturated rings. The van der Waals surface area contributed by atoms with Crippen LogP contribution in [-0.2, 0) is 14.8 Å². The second-order valence-corrected chi connectivity index (χ2v) is 10.4. The number of methoxy groups -OCH3 is 2. The topological polar surface area (TPSA) is 84.9 Å². The highest BCUT2D eigenvalue weighted by atomic mass is 32.2. The Morgan fingerprint density at radius 2 is 1.62 bits per heavy atom. The summed E-state index contributed by atoms with van der Waals surface area (Å²) in [7, 11) is -1.14. The highest BCUT2D eigenvalue weighted by Gasteiger charge is 2.28. The van der Waals surface area contributed by atoms with E-state index in [1.54, 1.807) is 42.1 Å². The van der Waals surface area contributed by atoms with Crippen LogP contribution < -0.4 is 19.1 Å². The Balaban J connectivity index is 1.73. The number of ether oxygens (including phenoxy) is 2. The van der Waals surface area contributed by atoms with Gasteiger partial charge in [0.05, 0.1) is 24.8 Å². The Labute approximate surface area is 205 Å². The molecule has 3 aromatic carbocycles. The number of hydrogen-bond donors (Lipinski definition) is 1. The van der Waals surface area contributed by atoms with Gasteiger partial charge >= 0.3 is 0 Å². The van der Waals surface area contributed by atoms with Crippen LogP contribution in [0.1, 0.15) is 5.56 Å². The van der Waals surface area contributed by atoms with Crippen LogP contribution in [0.15, 0.2) is 82.6 Å². The number of benzene rings is 3. The molecule has 0 aliphatic rings. The predicted octanol–water partition coefficient (Wildman–Crippen LogP) is 4.12. The number of amides is 1. The molecule has 0 unspecified atom stereocenters. The van der Waals surface area contributed by atoms with Gasteiger partial charge in [0.2, 0.25) is 5.91 Å². The standard InChI is InChI=1S/C25H28N2O5S2/c1-19-9-11-21(12-10-19)33-16-15-26-25(28)18-27(20-7-5-4-6-8-20)34(29,30)22-13-14-23(31-2)24(17-22)32-3/h4-14,17H,15-16,18H2,1-3H3,(H,26,28). The summed E-state index contributed by atoms with van der Waals surface area (Å²) >= 11 is 1.62. The van der Waals surface area contributed by atoms with Gasteiger partial charge in [-0.1, -0.05) is 35.9 Å². The van der Waals surface area contributed by atoms with Crippen LogP contribution >= 0.6 is 11.8 Å². The van der Waals surface area contributed by atoms with E-state index in [0.29, 0.717) is 23.7 Å². The van der Waals surface area contributed by atoms with Crippen LogP contribution in [0.4, 0.5) is 5.69 Å². The molecule has 0 saturated carbocycles. The molecule has 0 bridgehead atoms. The third kappa shape index (κ3) is 6.45. The summed E-state index contributed by atoms with van der Waals surface area (Å²) in [4.78, 5) is 13.8. The zero-order valence-corrected chi connectivity index (χ0v) is 21.0. The summed E-state index contributed by atoms with van der Waals surface area (Å²) in [6.45, 7) is 2.09. The minimum absolute atomic E-state index is 0.00303. The molecular weight excluding hydrogens is 472 g/mol. The molecule has 3 rings (SSSR count). The quantitative estimate of drug-likeness (QED) is 0.315. The van der Waals surface area contributed by atoms with Crippen molar-refractivity contribution in [2.45, 2.75) is 16.7 Å². The molecule has 0 heterocycles. The smallest absolute Gasteiger partial charge is 0.264 e. The monoisotopic (exact) mass is 500 g/mol. The number of hydrogen-bond acceptors (Lipinski definition) is 6. The van der Waals surface area contributed by atoms with E-state index in [2.05, 4.69) is 5.32 Å². The third-order valence-corrected chi connectivity index (χ3v) is 7.77. The van der Waals surface area contributed by atoms with Crippen LogP contribution in [0.5, 0.6) is 11.5 Å². The van der Waals surface area contributed by atoms with Crippen LogP contribution in [0.2, 0.25) is 0 Å². The lowest BCUT2D eigenvalue weighted by Gasteiger charge is -2.24. The molecule has 0 aliphatic carbocycles. The molecule has 180 valence electrons.